The molecule has 0 saturated heterocycles. The molecule has 13 aromatic rings. The third-order valence-electron chi connectivity index (χ3n) is 19.1. The molecule has 2 atom stereocenters. The van der Waals surface area contributed by atoms with Gasteiger partial charge in [0, 0.05) is 76.3 Å². The second-order valence-electron chi connectivity index (χ2n) is 22.6. The molecule has 340 valence electrons. The van der Waals surface area contributed by atoms with E-state index in [9.17, 15) is 0 Å². The zero-order chi connectivity index (χ0) is 47.8. The highest BCUT2D eigenvalue weighted by Gasteiger charge is 2.58. The van der Waals surface area contributed by atoms with E-state index in [0.717, 1.165) is 0 Å². The van der Waals surface area contributed by atoms with Crippen molar-refractivity contribution in [2.75, 3.05) is 4.90 Å². The first-order valence-electron chi connectivity index (χ1n) is 26.4. The summed E-state index contributed by atoms with van der Waals surface area (Å²) in [6, 6.07) is 72.8. The molecule has 9 aromatic carbocycles. The van der Waals surface area contributed by atoms with E-state index in [0.29, 0.717) is 0 Å². The molecule has 2 unspecified atom stereocenters. The highest BCUT2D eigenvalue weighted by Crippen LogP contribution is 2.61. The minimum Gasteiger partial charge on any atom is -0.337 e. The first-order chi connectivity index (χ1) is 36.5. The highest BCUT2D eigenvalue weighted by molar-refractivity contribution is 7.25. The van der Waals surface area contributed by atoms with Crippen molar-refractivity contribution in [1.82, 2.24) is 13.7 Å². The monoisotopic (exact) mass is 954 g/mol. The molecule has 0 radical (unpaired) electrons. The van der Waals surface area contributed by atoms with Crippen LogP contribution in [0.3, 0.4) is 0 Å². The van der Waals surface area contributed by atoms with Gasteiger partial charge in [-0.3, -0.25) is 0 Å². The van der Waals surface area contributed by atoms with Gasteiger partial charge in [0.2, 0.25) is 6.71 Å². The van der Waals surface area contributed by atoms with E-state index in [-0.39, 0.29) is 30.8 Å². The zero-order valence-corrected chi connectivity index (χ0v) is 41.3. The Morgan fingerprint density at radius 3 is 2.00 bits per heavy atom. The van der Waals surface area contributed by atoms with E-state index in [1.165, 1.54) is 158 Å². The third kappa shape index (κ3) is 4.05. The smallest absolute Gasteiger partial charge is 0.254 e. The summed E-state index contributed by atoms with van der Waals surface area (Å²) in [5, 5.41) is 12.2. The lowest BCUT2D eigenvalue weighted by Crippen LogP contribution is -2.60. The molecule has 20 rings (SSSR count). The molecule has 9 heterocycles. The number of nitrogens with zero attached hydrogens (tertiary/aromatic N) is 4. The second kappa shape index (κ2) is 12.5. The van der Waals surface area contributed by atoms with Crippen molar-refractivity contribution in [3.05, 3.63) is 221 Å². The van der Waals surface area contributed by atoms with Gasteiger partial charge >= 0.3 is 0 Å². The molecule has 0 spiro atoms. The fraction of sp³-hybridized carbons (Fsp3) is 0.0746. The minimum absolute atomic E-state index is 0.120. The molecule has 74 heavy (non-hydrogen) atoms. The zero-order valence-electron chi connectivity index (χ0n) is 40.5. The maximum atomic E-state index is 2.85. The van der Waals surface area contributed by atoms with Crippen LogP contribution >= 0.6 is 11.3 Å². The van der Waals surface area contributed by atoms with Crippen molar-refractivity contribution in [2.45, 2.75) is 31.2 Å². The lowest BCUT2D eigenvalue weighted by Gasteiger charge is -2.47. The molecule has 0 fully saturated rings. The summed E-state index contributed by atoms with van der Waals surface area (Å²) in [6.45, 7) is 5.26. The molecule has 0 N–H and O–H groups in total. The standard InChI is InChI=1S/C67H40B2N4S/c1-67(2)47-19-7-3-17-41(47)57-65(67)72-55-32-36(28-30-40(55)46-33-43-37-15-4-10-22-50(37)70-52-24-12-8-20-48(52)68(57)59(61(43)70)63(46)72)35-27-29-39-45-34-44-38-16-5-11-23-51(38)73-64(44)60-62(45)71(54(39)31-35)53-25-13-9-21-49(53)69(60)58-42-18-6-14-26-56(42)74-66(58)73/h3-34,46,63H,1-2H3. The van der Waals surface area contributed by atoms with Gasteiger partial charge in [-0.15, -0.1) is 11.3 Å². The van der Waals surface area contributed by atoms with Crippen LogP contribution in [0.15, 0.2) is 194 Å². The number of hydrogen-bond donors (Lipinski definition) is 0. The summed E-state index contributed by atoms with van der Waals surface area (Å²) < 4.78 is 9.23. The van der Waals surface area contributed by atoms with Gasteiger partial charge in [0.15, 0.2) is 0 Å². The van der Waals surface area contributed by atoms with Crippen molar-refractivity contribution in [1.29, 1.82) is 0 Å². The van der Waals surface area contributed by atoms with Crippen molar-refractivity contribution < 1.29 is 0 Å². The number of rotatable bonds is 1. The minimum atomic E-state index is -0.204. The largest absolute Gasteiger partial charge is 0.337 e. The maximum absolute atomic E-state index is 2.85. The van der Waals surface area contributed by atoms with Gasteiger partial charge in [0.1, 0.15) is 0 Å². The molecular formula is C67H40B2N4S. The van der Waals surface area contributed by atoms with Crippen LogP contribution in [-0.2, 0) is 5.41 Å². The predicted molar refractivity (Wildman–Crippen MR) is 312 cm³/mol. The van der Waals surface area contributed by atoms with Crippen LogP contribution in [0.5, 0.6) is 0 Å². The van der Waals surface area contributed by atoms with E-state index in [4.69, 9.17) is 0 Å². The Labute approximate surface area is 429 Å². The normalized spacial score (nSPS) is 18.2. The molecule has 0 amide bonds. The van der Waals surface area contributed by atoms with Crippen LogP contribution in [0.1, 0.15) is 36.5 Å². The molecule has 7 aliphatic rings. The summed E-state index contributed by atoms with van der Waals surface area (Å²) in [6.07, 6.45) is 2.66. The fourth-order valence-electron chi connectivity index (χ4n) is 16.5. The summed E-state index contributed by atoms with van der Waals surface area (Å²) in [5.74, 6) is 0.207. The molecule has 7 heteroatoms. The molecule has 4 nitrogen and oxygen atoms in total. The van der Waals surface area contributed by atoms with Gasteiger partial charge < -0.3 is 18.6 Å². The van der Waals surface area contributed by atoms with E-state index in [1.807, 2.05) is 11.3 Å². The summed E-state index contributed by atoms with van der Waals surface area (Å²) >= 11 is 1.95. The number of para-hydroxylation sites is 4. The molecule has 0 saturated carbocycles. The average molecular weight is 955 g/mol. The molecular weight excluding hydrogens is 914 g/mol. The topological polar surface area (TPSA) is 18.0 Å². The molecule has 0 bridgehead atoms. The Hall–Kier alpha value is -8.51. The van der Waals surface area contributed by atoms with Crippen molar-refractivity contribution in [3.8, 4) is 27.5 Å². The van der Waals surface area contributed by atoms with Crippen LogP contribution in [0.4, 0.5) is 5.69 Å². The Balaban J connectivity index is 0.858. The van der Waals surface area contributed by atoms with E-state index in [2.05, 4.69) is 227 Å². The van der Waals surface area contributed by atoms with Gasteiger partial charge in [-0.1, -0.05) is 159 Å². The predicted octanol–water partition coefficient (Wildman–Crippen LogP) is 11.3. The Kier molecular flexibility index (Phi) is 6.42. The number of benzene rings is 9. The fourth-order valence-corrected chi connectivity index (χ4v) is 17.8. The quantitative estimate of drug-likeness (QED) is 0.150. The Bertz CT molecular complexity index is 5110. The number of anilines is 1. The lowest BCUT2D eigenvalue weighted by molar-refractivity contribution is 0.590. The van der Waals surface area contributed by atoms with Crippen LogP contribution in [0.2, 0.25) is 0 Å². The van der Waals surface area contributed by atoms with E-state index in [1.54, 1.807) is 5.47 Å². The van der Waals surface area contributed by atoms with Crippen LogP contribution in [-0.4, -0.2) is 33.2 Å². The van der Waals surface area contributed by atoms with Gasteiger partial charge in [0.05, 0.1) is 38.6 Å². The number of aromatic nitrogens is 3. The van der Waals surface area contributed by atoms with Crippen molar-refractivity contribution >= 4 is 134 Å². The summed E-state index contributed by atoms with van der Waals surface area (Å²) in [7, 11) is 0. The van der Waals surface area contributed by atoms with Gasteiger partial charge in [-0.05, 0) is 115 Å². The van der Waals surface area contributed by atoms with Gasteiger partial charge in [-0.2, -0.15) is 0 Å². The summed E-state index contributed by atoms with van der Waals surface area (Å²) in [4.78, 5) is 2.85. The number of hydrogen-bond acceptors (Lipinski definition) is 2. The SMILES string of the molecule is CC1(C)C2=C(B3C4=c5c(c6ccccc6n5-c5ccccc53)=CC3c5ccc(-c6ccc7c8cc9c%10ccccc%10n%10c9c9c8n(c7c6)-c6ccccc6B9c6c-%10sc7ccccc67)cc5N2C43)c2ccccc21. The summed E-state index contributed by atoms with van der Waals surface area (Å²) in [5.41, 5.74) is 27.3. The van der Waals surface area contributed by atoms with Crippen molar-refractivity contribution in [2.24, 2.45) is 0 Å². The first kappa shape index (κ1) is 38.2. The average Bonchev–Trinajstić information content (AvgIpc) is 4.39. The molecule has 2 aliphatic carbocycles. The first-order valence-corrected chi connectivity index (χ1v) is 27.2. The lowest BCUT2D eigenvalue weighted by atomic mass is 9.31. The number of thiophene rings is 1. The number of allylic oxidation sites excluding steroid dienone is 1. The van der Waals surface area contributed by atoms with E-state index >= 15 is 0 Å². The van der Waals surface area contributed by atoms with Gasteiger partial charge in [0.25, 0.3) is 6.71 Å². The second-order valence-corrected chi connectivity index (χ2v) is 23.6. The van der Waals surface area contributed by atoms with Gasteiger partial charge in [-0.25, -0.2) is 0 Å². The highest BCUT2D eigenvalue weighted by atomic mass is 32.1. The number of fused-ring (bicyclic) bond motifs is 27. The molecule has 5 aliphatic heterocycles. The van der Waals surface area contributed by atoms with Crippen molar-refractivity contribution in [3.63, 3.8) is 0 Å². The van der Waals surface area contributed by atoms with Crippen LogP contribution in [0, 0.1) is 0 Å². The third-order valence-corrected chi connectivity index (χ3v) is 20.3. The molecule has 4 aromatic heterocycles. The maximum Gasteiger partial charge on any atom is 0.254 e. The van der Waals surface area contributed by atoms with E-state index < -0.39 is 0 Å². The Morgan fingerprint density at radius 1 is 0.500 bits per heavy atom. The van der Waals surface area contributed by atoms with Crippen LogP contribution < -0.4 is 37.3 Å². The van der Waals surface area contributed by atoms with Crippen LogP contribution in [0.25, 0.3) is 109 Å². The Morgan fingerprint density at radius 2 is 1.15 bits per heavy atom.